The molecule has 5 nitrogen and oxygen atoms in total. The Bertz CT molecular complexity index is 536. The third-order valence-corrected chi connectivity index (χ3v) is 4.43. The molecular weight excluding hydrogens is 288 g/mol. The van der Waals surface area contributed by atoms with Crippen LogP contribution in [0.4, 0.5) is 5.82 Å². The van der Waals surface area contributed by atoms with Gasteiger partial charge in [0, 0.05) is 49.8 Å². The minimum atomic E-state index is 0.139. The van der Waals surface area contributed by atoms with E-state index in [4.69, 9.17) is 4.98 Å². The van der Waals surface area contributed by atoms with Crippen molar-refractivity contribution in [2.75, 3.05) is 31.1 Å². The molecule has 1 fully saturated rings. The van der Waals surface area contributed by atoms with E-state index >= 15 is 0 Å². The van der Waals surface area contributed by atoms with Gasteiger partial charge in [0.25, 0.3) is 0 Å². The van der Waals surface area contributed by atoms with Crippen LogP contribution in [0.1, 0.15) is 58.0 Å². The van der Waals surface area contributed by atoms with Crippen LogP contribution in [0.25, 0.3) is 0 Å². The van der Waals surface area contributed by atoms with E-state index in [1.165, 1.54) is 0 Å². The fourth-order valence-corrected chi connectivity index (χ4v) is 3.02. The summed E-state index contributed by atoms with van der Waals surface area (Å²) in [4.78, 5) is 25.9. The second-order valence-corrected chi connectivity index (χ2v) is 6.88. The lowest BCUT2D eigenvalue weighted by molar-refractivity contribution is -0.135. The van der Waals surface area contributed by atoms with Crippen molar-refractivity contribution in [3.8, 4) is 0 Å². The van der Waals surface area contributed by atoms with Crippen molar-refractivity contribution in [2.45, 2.75) is 53.4 Å². The topological polar surface area (TPSA) is 49.3 Å². The Kier molecular flexibility index (Phi) is 5.97. The van der Waals surface area contributed by atoms with E-state index in [0.717, 1.165) is 56.4 Å². The molecule has 0 saturated carbocycles. The SMILES string of the molecule is CCCC(C)C(=O)N1CCN(c2cc(C)nc(C(C)C)n2)CC1. The third kappa shape index (κ3) is 4.43. The van der Waals surface area contributed by atoms with Gasteiger partial charge in [0.15, 0.2) is 0 Å². The molecule has 5 heteroatoms. The Balaban J connectivity index is 2.00. The molecule has 0 N–H and O–H groups in total. The zero-order valence-electron chi connectivity index (χ0n) is 15.2. The quantitative estimate of drug-likeness (QED) is 0.837. The van der Waals surface area contributed by atoms with Crippen LogP contribution in [0.15, 0.2) is 6.07 Å². The molecule has 0 radical (unpaired) electrons. The van der Waals surface area contributed by atoms with Crippen LogP contribution in [-0.4, -0.2) is 47.0 Å². The molecular formula is C18H30N4O. The fraction of sp³-hybridized carbons (Fsp3) is 0.722. The Morgan fingerprint density at radius 2 is 1.83 bits per heavy atom. The van der Waals surface area contributed by atoms with Gasteiger partial charge in [0.05, 0.1) is 0 Å². The van der Waals surface area contributed by atoms with Crippen LogP contribution < -0.4 is 4.90 Å². The summed E-state index contributed by atoms with van der Waals surface area (Å²) in [5.74, 6) is 2.66. The number of anilines is 1. The first-order valence-electron chi connectivity index (χ1n) is 8.81. The van der Waals surface area contributed by atoms with E-state index in [2.05, 4.69) is 30.7 Å². The maximum absolute atomic E-state index is 12.4. The van der Waals surface area contributed by atoms with Crippen LogP contribution in [-0.2, 0) is 4.79 Å². The van der Waals surface area contributed by atoms with E-state index in [-0.39, 0.29) is 5.92 Å². The van der Waals surface area contributed by atoms with Gasteiger partial charge in [0.2, 0.25) is 5.91 Å². The lowest BCUT2D eigenvalue weighted by atomic mass is 10.0. The monoisotopic (exact) mass is 318 g/mol. The standard InChI is InChI=1S/C18H30N4O/c1-6-7-14(4)18(23)22-10-8-21(9-11-22)16-12-15(5)19-17(20-16)13(2)3/h12-14H,6-11H2,1-5H3. The van der Waals surface area contributed by atoms with Crippen molar-refractivity contribution < 1.29 is 4.79 Å². The molecule has 1 atom stereocenters. The number of aryl methyl sites for hydroxylation is 1. The average molecular weight is 318 g/mol. The lowest BCUT2D eigenvalue weighted by Gasteiger charge is -2.36. The number of carbonyl (C=O) groups is 1. The highest BCUT2D eigenvalue weighted by Gasteiger charge is 2.25. The highest BCUT2D eigenvalue weighted by molar-refractivity contribution is 5.78. The number of aromatic nitrogens is 2. The average Bonchev–Trinajstić information content (AvgIpc) is 2.54. The van der Waals surface area contributed by atoms with Gasteiger partial charge in [-0.2, -0.15) is 0 Å². The molecule has 128 valence electrons. The summed E-state index contributed by atoms with van der Waals surface area (Å²) in [6.45, 7) is 13.7. The highest BCUT2D eigenvalue weighted by Crippen LogP contribution is 2.19. The minimum absolute atomic E-state index is 0.139. The van der Waals surface area contributed by atoms with Crippen LogP contribution in [0.2, 0.25) is 0 Å². The number of hydrogen-bond donors (Lipinski definition) is 0. The first-order chi connectivity index (χ1) is 10.9. The zero-order valence-corrected chi connectivity index (χ0v) is 15.2. The van der Waals surface area contributed by atoms with Crippen LogP contribution in [0.3, 0.4) is 0 Å². The Hall–Kier alpha value is -1.65. The van der Waals surface area contributed by atoms with Gasteiger partial charge in [0.1, 0.15) is 11.6 Å². The van der Waals surface area contributed by atoms with Gasteiger partial charge in [-0.3, -0.25) is 4.79 Å². The molecule has 23 heavy (non-hydrogen) atoms. The van der Waals surface area contributed by atoms with E-state index < -0.39 is 0 Å². The smallest absolute Gasteiger partial charge is 0.225 e. The van der Waals surface area contributed by atoms with E-state index in [0.29, 0.717) is 11.8 Å². The molecule has 1 aromatic rings. The second-order valence-electron chi connectivity index (χ2n) is 6.88. The van der Waals surface area contributed by atoms with Gasteiger partial charge in [-0.25, -0.2) is 9.97 Å². The number of rotatable bonds is 5. The number of hydrogen-bond acceptors (Lipinski definition) is 4. The van der Waals surface area contributed by atoms with Crippen LogP contribution in [0.5, 0.6) is 0 Å². The first kappa shape index (κ1) is 17.7. The molecule has 1 aromatic heterocycles. The van der Waals surface area contributed by atoms with Crippen molar-refractivity contribution >= 4 is 11.7 Å². The summed E-state index contributed by atoms with van der Waals surface area (Å²) in [6.07, 6.45) is 2.03. The maximum Gasteiger partial charge on any atom is 0.225 e. The van der Waals surface area contributed by atoms with E-state index in [9.17, 15) is 4.79 Å². The largest absolute Gasteiger partial charge is 0.353 e. The molecule has 2 heterocycles. The van der Waals surface area contributed by atoms with Crippen molar-refractivity contribution in [1.82, 2.24) is 14.9 Å². The summed E-state index contributed by atoms with van der Waals surface area (Å²) in [5.41, 5.74) is 1.01. The molecule has 0 bridgehead atoms. The van der Waals surface area contributed by atoms with Crippen molar-refractivity contribution in [1.29, 1.82) is 0 Å². The normalized spacial score (nSPS) is 16.8. The number of nitrogens with zero attached hydrogens (tertiary/aromatic N) is 4. The molecule has 0 spiro atoms. The molecule has 2 rings (SSSR count). The number of amides is 1. The minimum Gasteiger partial charge on any atom is -0.353 e. The van der Waals surface area contributed by atoms with Crippen LogP contribution >= 0.6 is 0 Å². The van der Waals surface area contributed by atoms with Gasteiger partial charge in [-0.05, 0) is 13.3 Å². The second kappa shape index (κ2) is 7.75. The molecule has 1 aliphatic heterocycles. The summed E-state index contributed by atoms with van der Waals surface area (Å²) in [6, 6.07) is 2.04. The molecule has 1 amide bonds. The summed E-state index contributed by atoms with van der Waals surface area (Å²) < 4.78 is 0. The molecule has 1 unspecified atom stereocenters. The van der Waals surface area contributed by atoms with E-state index in [1.807, 2.05) is 24.8 Å². The summed E-state index contributed by atoms with van der Waals surface area (Å²) in [7, 11) is 0. The van der Waals surface area contributed by atoms with E-state index in [1.54, 1.807) is 0 Å². The Labute approximate surface area is 140 Å². The molecule has 1 aliphatic rings. The van der Waals surface area contributed by atoms with Gasteiger partial charge in [-0.1, -0.05) is 34.1 Å². The predicted octanol–water partition coefficient (Wildman–Crippen LogP) is 2.99. The summed E-state index contributed by atoms with van der Waals surface area (Å²) in [5, 5.41) is 0. The highest BCUT2D eigenvalue weighted by atomic mass is 16.2. The molecule has 0 aliphatic carbocycles. The number of carbonyl (C=O) groups excluding carboxylic acids is 1. The van der Waals surface area contributed by atoms with Crippen molar-refractivity contribution in [2.24, 2.45) is 5.92 Å². The Morgan fingerprint density at radius 1 is 1.17 bits per heavy atom. The van der Waals surface area contributed by atoms with Crippen molar-refractivity contribution in [3.63, 3.8) is 0 Å². The van der Waals surface area contributed by atoms with Gasteiger partial charge < -0.3 is 9.80 Å². The van der Waals surface area contributed by atoms with Gasteiger partial charge in [-0.15, -0.1) is 0 Å². The lowest BCUT2D eigenvalue weighted by Crippen LogP contribution is -2.50. The maximum atomic E-state index is 12.4. The summed E-state index contributed by atoms with van der Waals surface area (Å²) >= 11 is 0. The molecule has 1 saturated heterocycles. The molecule has 0 aromatic carbocycles. The first-order valence-corrected chi connectivity index (χ1v) is 8.81. The fourth-order valence-electron chi connectivity index (χ4n) is 3.02. The van der Waals surface area contributed by atoms with Crippen LogP contribution in [0, 0.1) is 12.8 Å². The Morgan fingerprint density at radius 3 is 2.39 bits per heavy atom. The van der Waals surface area contributed by atoms with Gasteiger partial charge >= 0.3 is 0 Å². The van der Waals surface area contributed by atoms with Crippen molar-refractivity contribution in [3.05, 3.63) is 17.6 Å². The number of piperazine rings is 1. The zero-order chi connectivity index (χ0) is 17.0. The predicted molar refractivity (Wildman–Crippen MR) is 93.7 cm³/mol. The third-order valence-electron chi connectivity index (χ3n) is 4.43.